The Balaban J connectivity index is 1.66. The van der Waals surface area contributed by atoms with Crippen molar-refractivity contribution in [2.75, 3.05) is 36.4 Å². The van der Waals surface area contributed by atoms with E-state index in [1.165, 1.54) is 0 Å². The van der Waals surface area contributed by atoms with Crippen molar-refractivity contribution >= 4 is 33.8 Å². The Morgan fingerprint density at radius 2 is 1.75 bits per heavy atom. The topological polar surface area (TPSA) is 52.7 Å². The summed E-state index contributed by atoms with van der Waals surface area (Å²) < 4.78 is 0. The number of thiophene rings is 1. The summed E-state index contributed by atoms with van der Waals surface area (Å²) >= 11 is 1.57. The van der Waals surface area contributed by atoms with Gasteiger partial charge in [-0.15, -0.1) is 11.3 Å². The number of anilines is 2. The minimum absolute atomic E-state index is 0.0481. The smallest absolute Gasteiger partial charge is 0.241 e. The molecule has 1 aromatic carbocycles. The van der Waals surface area contributed by atoms with Crippen LogP contribution in [0, 0.1) is 0 Å². The molecular weight excluding hydrogens is 370 g/mol. The molecule has 6 heteroatoms. The Hall–Kier alpha value is -2.18. The number of benzene rings is 1. The van der Waals surface area contributed by atoms with E-state index in [9.17, 15) is 9.59 Å². The van der Waals surface area contributed by atoms with E-state index in [4.69, 9.17) is 0 Å². The van der Waals surface area contributed by atoms with Gasteiger partial charge in [-0.05, 0) is 40.5 Å². The fraction of sp³-hybridized carbons (Fsp3) is 0.455. The van der Waals surface area contributed by atoms with Crippen LogP contribution in [0.15, 0.2) is 35.7 Å². The van der Waals surface area contributed by atoms with E-state index >= 15 is 0 Å². The first-order chi connectivity index (χ1) is 13.4. The third-order valence-electron chi connectivity index (χ3n) is 5.08. The van der Waals surface area contributed by atoms with Gasteiger partial charge in [-0.1, -0.05) is 45.9 Å². The molecule has 2 amide bonds. The van der Waals surface area contributed by atoms with Crippen molar-refractivity contribution in [3.8, 4) is 0 Å². The Bertz CT molecular complexity index is 804. The molecule has 1 aromatic heterocycles. The van der Waals surface area contributed by atoms with Gasteiger partial charge in [0.15, 0.2) is 0 Å². The van der Waals surface area contributed by atoms with E-state index in [0.29, 0.717) is 24.9 Å². The zero-order chi connectivity index (χ0) is 20.3. The Kier molecular flexibility index (Phi) is 6.52. The zero-order valence-corrected chi connectivity index (χ0v) is 17.9. The second-order valence-corrected chi connectivity index (χ2v) is 8.80. The van der Waals surface area contributed by atoms with E-state index in [1.807, 2.05) is 27.3 Å². The maximum Gasteiger partial charge on any atom is 0.241 e. The van der Waals surface area contributed by atoms with Gasteiger partial charge in [0.1, 0.15) is 0 Å². The van der Waals surface area contributed by atoms with Gasteiger partial charge >= 0.3 is 0 Å². The van der Waals surface area contributed by atoms with Crippen molar-refractivity contribution in [2.24, 2.45) is 0 Å². The third-order valence-corrected chi connectivity index (χ3v) is 5.97. The van der Waals surface area contributed by atoms with Crippen LogP contribution in [-0.4, -0.2) is 42.9 Å². The Morgan fingerprint density at radius 1 is 1.07 bits per heavy atom. The molecule has 2 heterocycles. The maximum atomic E-state index is 12.8. The minimum atomic E-state index is -0.0626. The summed E-state index contributed by atoms with van der Waals surface area (Å²) in [7, 11) is 0. The van der Waals surface area contributed by atoms with Gasteiger partial charge < -0.3 is 10.2 Å². The first-order valence-electron chi connectivity index (χ1n) is 9.85. The molecule has 1 aliphatic heterocycles. The summed E-state index contributed by atoms with van der Waals surface area (Å²) in [5, 5.41) is 6.09. The predicted octanol–water partition coefficient (Wildman–Crippen LogP) is 4.28. The lowest BCUT2D eigenvalue weighted by Crippen LogP contribution is -2.52. The number of amides is 2. The van der Waals surface area contributed by atoms with Gasteiger partial charge in [-0.25, -0.2) is 0 Å². The molecule has 5 nitrogen and oxygen atoms in total. The van der Waals surface area contributed by atoms with Gasteiger partial charge in [0.05, 0.1) is 18.1 Å². The molecule has 0 radical (unpaired) electrons. The fourth-order valence-electron chi connectivity index (χ4n) is 3.59. The molecule has 0 aliphatic carbocycles. The monoisotopic (exact) mass is 399 g/mol. The summed E-state index contributed by atoms with van der Waals surface area (Å²) in [6.45, 7) is 10.4. The van der Waals surface area contributed by atoms with E-state index < -0.39 is 0 Å². The molecule has 1 aliphatic rings. The van der Waals surface area contributed by atoms with Crippen molar-refractivity contribution < 1.29 is 9.59 Å². The summed E-state index contributed by atoms with van der Waals surface area (Å²) in [4.78, 5) is 29.0. The average Bonchev–Trinajstić information content (AvgIpc) is 3.15. The number of nitrogens with one attached hydrogen (secondary N) is 1. The lowest BCUT2D eigenvalue weighted by atomic mass is 9.92. The van der Waals surface area contributed by atoms with E-state index in [1.54, 1.807) is 11.3 Å². The van der Waals surface area contributed by atoms with Crippen LogP contribution in [0.4, 0.5) is 10.7 Å². The molecule has 2 aromatic rings. The first kappa shape index (κ1) is 20.6. The molecule has 0 spiro atoms. The summed E-state index contributed by atoms with van der Waals surface area (Å²) in [5.41, 5.74) is 3.23. The van der Waals surface area contributed by atoms with Crippen LogP contribution in [0.2, 0.25) is 0 Å². The van der Waals surface area contributed by atoms with Crippen molar-refractivity contribution in [3.63, 3.8) is 0 Å². The number of rotatable bonds is 6. The Labute approximate surface area is 171 Å². The van der Waals surface area contributed by atoms with Crippen LogP contribution in [0.25, 0.3) is 0 Å². The highest BCUT2D eigenvalue weighted by molar-refractivity contribution is 7.14. The Morgan fingerprint density at radius 3 is 2.29 bits per heavy atom. The molecule has 0 atom stereocenters. The number of carbonyl (C=O) groups is 2. The molecule has 0 bridgehead atoms. The standard InChI is InChI=1S/C22H29N3O2S/c1-15(2)17-7-5-8-18(16(3)4)22(17)23-19(26)13-24-10-11-25(20(27)14-24)21-9-6-12-28-21/h5-9,12,15-16H,10-11,13-14H2,1-4H3,(H,23,26). The van der Waals surface area contributed by atoms with Crippen LogP contribution < -0.4 is 10.2 Å². The first-order valence-corrected chi connectivity index (χ1v) is 10.7. The van der Waals surface area contributed by atoms with Gasteiger partial charge in [0, 0.05) is 18.8 Å². The van der Waals surface area contributed by atoms with Gasteiger partial charge in [0.2, 0.25) is 11.8 Å². The van der Waals surface area contributed by atoms with Crippen molar-refractivity contribution in [3.05, 3.63) is 46.8 Å². The molecule has 0 saturated carbocycles. The van der Waals surface area contributed by atoms with Gasteiger partial charge in [-0.2, -0.15) is 0 Å². The third kappa shape index (κ3) is 4.62. The highest BCUT2D eigenvalue weighted by Crippen LogP contribution is 2.32. The van der Waals surface area contributed by atoms with Crippen molar-refractivity contribution in [1.82, 2.24) is 4.90 Å². The summed E-state index contributed by atoms with van der Waals surface area (Å²) in [6, 6.07) is 10.1. The number of carbonyl (C=O) groups excluding carboxylic acids is 2. The molecular formula is C22H29N3O2S. The molecule has 3 rings (SSSR count). The number of para-hydroxylation sites is 1. The van der Waals surface area contributed by atoms with Gasteiger partial charge in [-0.3, -0.25) is 14.5 Å². The van der Waals surface area contributed by atoms with Crippen LogP contribution in [0.1, 0.15) is 50.7 Å². The molecule has 28 heavy (non-hydrogen) atoms. The number of nitrogens with zero attached hydrogens (tertiary/aromatic N) is 2. The zero-order valence-electron chi connectivity index (χ0n) is 17.1. The summed E-state index contributed by atoms with van der Waals surface area (Å²) in [6.07, 6.45) is 0. The van der Waals surface area contributed by atoms with Crippen LogP contribution in [0.5, 0.6) is 0 Å². The molecule has 150 valence electrons. The van der Waals surface area contributed by atoms with Crippen LogP contribution >= 0.6 is 11.3 Å². The number of hydrogen-bond donors (Lipinski definition) is 1. The predicted molar refractivity (Wildman–Crippen MR) is 116 cm³/mol. The molecule has 1 fully saturated rings. The van der Waals surface area contributed by atoms with E-state index in [2.05, 4.69) is 51.2 Å². The van der Waals surface area contributed by atoms with Crippen LogP contribution in [-0.2, 0) is 9.59 Å². The highest BCUT2D eigenvalue weighted by atomic mass is 32.1. The SMILES string of the molecule is CC(C)c1cccc(C(C)C)c1NC(=O)CN1CCN(c2cccs2)C(=O)C1. The largest absolute Gasteiger partial charge is 0.324 e. The fourth-order valence-corrected chi connectivity index (χ4v) is 4.36. The van der Waals surface area contributed by atoms with E-state index in [0.717, 1.165) is 21.8 Å². The van der Waals surface area contributed by atoms with Crippen LogP contribution in [0.3, 0.4) is 0 Å². The molecule has 1 saturated heterocycles. The van der Waals surface area contributed by atoms with Gasteiger partial charge in [0.25, 0.3) is 0 Å². The minimum Gasteiger partial charge on any atom is -0.324 e. The average molecular weight is 400 g/mol. The maximum absolute atomic E-state index is 12.8. The number of piperazine rings is 1. The number of hydrogen-bond acceptors (Lipinski definition) is 4. The second-order valence-electron chi connectivity index (χ2n) is 7.88. The quantitative estimate of drug-likeness (QED) is 0.789. The molecule has 0 unspecified atom stereocenters. The molecule has 1 N–H and O–H groups in total. The van der Waals surface area contributed by atoms with Crippen molar-refractivity contribution in [2.45, 2.75) is 39.5 Å². The second kappa shape index (κ2) is 8.88. The summed E-state index contributed by atoms with van der Waals surface area (Å²) in [5.74, 6) is 0.633. The lowest BCUT2D eigenvalue weighted by molar-refractivity contribution is -0.123. The van der Waals surface area contributed by atoms with E-state index in [-0.39, 0.29) is 24.9 Å². The lowest BCUT2D eigenvalue weighted by Gasteiger charge is -2.33. The normalized spacial score (nSPS) is 15.5. The van der Waals surface area contributed by atoms with Crippen molar-refractivity contribution in [1.29, 1.82) is 0 Å². The highest BCUT2D eigenvalue weighted by Gasteiger charge is 2.27.